The average molecular weight is 388 g/mol. The summed E-state index contributed by atoms with van der Waals surface area (Å²) in [6.45, 7) is 3.89. The molecule has 0 radical (unpaired) electrons. The molecule has 3 rings (SSSR count). The predicted octanol–water partition coefficient (Wildman–Crippen LogP) is 3.33. The molecule has 1 aliphatic rings. The minimum absolute atomic E-state index is 0.0719. The van der Waals surface area contributed by atoms with Gasteiger partial charge in [-0.1, -0.05) is 17.7 Å². The van der Waals surface area contributed by atoms with Gasteiger partial charge in [0.25, 0.3) is 15.9 Å². The smallest absolute Gasteiger partial charge is 0.265 e. The highest BCUT2D eigenvalue weighted by Gasteiger charge is 2.29. The van der Waals surface area contributed by atoms with E-state index in [1.165, 1.54) is 19.2 Å². The molecule has 0 bridgehead atoms. The number of benzene rings is 2. The summed E-state index contributed by atoms with van der Waals surface area (Å²) in [5, 5.41) is 2.94. The Bertz CT molecular complexity index is 935. The fourth-order valence-electron chi connectivity index (χ4n) is 2.86. The van der Waals surface area contributed by atoms with Gasteiger partial charge in [-0.25, -0.2) is 8.42 Å². The zero-order valence-corrected chi connectivity index (χ0v) is 16.5. The van der Waals surface area contributed by atoms with Crippen molar-refractivity contribution in [1.29, 1.82) is 0 Å². The number of sulfonamides is 1. The summed E-state index contributed by atoms with van der Waals surface area (Å²) in [4.78, 5) is 12.4. The van der Waals surface area contributed by atoms with Gasteiger partial charge in [-0.2, -0.15) is 0 Å². The Morgan fingerprint density at radius 1 is 1.15 bits per heavy atom. The molecule has 0 aromatic heterocycles. The number of ether oxygens (including phenoxy) is 1. The van der Waals surface area contributed by atoms with Gasteiger partial charge in [0.05, 0.1) is 7.11 Å². The van der Waals surface area contributed by atoms with Crippen molar-refractivity contribution in [2.75, 3.05) is 11.8 Å². The maximum atomic E-state index is 12.9. The van der Waals surface area contributed by atoms with Gasteiger partial charge in [-0.15, -0.1) is 0 Å². The molecule has 0 heterocycles. The van der Waals surface area contributed by atoms with Gasteiger partial charge < -0.3 is 10.1 Å². The molecule has 1 atom stereocenters. The molecule has 7 heteroatoms. The molecular formula is C20H24N2O4S. The van der Waals surface area contributed by atoms with Crippen molar-refractivity contribution in [1.82, 2.24) is 5.32 Å². The number of hydrogen-bond acceptors (Lipinski definition) is 4. The van der Waals surface area contributed by atoms with Crippen LogP contribution in [-0.2, 0) is 10.0 Å². The Balaban J connectivity index is 1.87. The monoisotopic (exact) mass is 388 g/mol. The summed E-state index contributed by atoms with van der Waals surface area (Å²) < 4.78 is 33.5. The minimum atomic E-state index is -3.91. The van der Waals surface area contributed by atoms with Crippen LogP contribution in [0.4, 0.5) is 5.69 Å². The first-order valence-electron chi connectivity index (χ1n) is 8.88. The van der Waals surface area contributed by atoms with Crippen LogP contribution in [0.3, 0.4) is 0 Å². The van der Waals surface area contributed by atoms with E-state index in [0.29, 0.717) is 11.6 Å². The molecule has 1 amide bonds. The molecule has 1 fully saturated rings. The Morgan fingerprint density at radius 3 is 2.41 bits per heavy atom. The molecule has 6 nitrogen and oxygen atoms in total. The molecule has 0 aliphatic heterocycles. The van der Waals surface area contributed by atoms with Gasteiger partial charge in [0.15, 0.2) is 0 Å². The van der Waals surface area contributed by atoms with E-state index in [9.17, 15) is 13.2 Å². The molecule has 0 spiro atoms. The number of aryl methyl sites for hydroxylation is 1. The van der Waals surface area contributed by atoms with Crippen LogP contribution < -0.4 is 14.8 Å². The van der Waals surface area contributed by atoms with Crippen molar-refractivity contribution in [2.45, 2.75) is 37.6 Å². The Hall–Kier alpha value is -2.54. The minimum Gasteiger partial charge on any atom is -0.495 e. The Labute approximate surface area is 160 Å². The Morgan fingerprint density at radius 2 is 1.81 bits per heavy atom. The van der Waals surface area contributed by atoms with E-state index in [1.807, 2.05) is 26.0 Å². The summed E-state index contributed by atoms with van der Waals surface area (Å²) in [7, 11) is -2.51. The number of nitrogens with one attached hydrogen (secondary N) is 2. The van der Waals surface area contributed by atoms with Gasteiger partial charge in [0.2, 0.25) is 0 Å². The van der Waals surface area contributed by atoms with E-state index in [1.54, 1.807) is 18.2 Å². The SMILES string of the molecule is COc1ccc(C(=O)NC(C)C2CC2)cc1S(=O)(=O)Nc1ccc(C)cc1. The fourth-order valence-corrected chi connectivity index (χ4v) is 4.12. The zero-order valence-electron chi connectivity index (χ0n) is 15.7. The zero-order chi connectivity index (χ0) is 19.6. The lowest BCUT2D eigenvalue weighted by Gasteiger charge is -2.15. The van der Waals surface area contributed by atoms with E-state index >= 15 is 0 Å². The number of hydrogen-bond donors (Lipinski definition) is 2. The van der Waals surface area contributed by atoms with Crippen molar-refractivity contribution >= 4 is 21.6 Å². The topological polar surface area (TPSA) is 84.5 Å². The van der Waals surface area contributed by atoms with Gasteiger partial charge >= 0.3 is 0 Å². The third kappa shape index (κ3) is 4.60. The summed E-state index contributed by atoms with van der Waals surface area (Å²) in [5.41, 5.74) is 1.76. The van der Waals surface area contributed by atoms with Crippen molar-refractivity contribution < 1.29 is 17.9 Å². The molecule has 27 heavy (non-hydrogen) atoms. The quantitative estimate of drug-likeness (QED) is 0.762. The molecule has 1 aliphatic carbocycles. The van der Waals surface area contributed by atoms with Crippen molar-refractivity contribution in [2.24, 2.45) is 5.92 Å². The van der Waals surface area contributed by atoms with Crippen molar-refractivity contribution in [3.05, 3.63) is 53.6 Å². The second kappa shape index (κ2) is 7.60. The van der Waals surface area contributed by atoms with E-state index in [0.717, 1.165) is 18.4 Å². The van der Waals surface area contributed by atoms with Crippen molar-refractivity contribution in [3.63, 3.8) is 0 Å². The van der Waals surface area contributed by atoms with Crippen molar-refractivity contribution in [3.8, 4) is 5.75 Å². The van der Waals surface area contributed by atoms with Crippen LogP contribution in [0.25, 0.3) is 0 Å². The standard InChI is InChI=1S/C20H24N2O4S/c1-13-4-9-17(10-5-13)22-27(24,25)19-12-16(8-11-18(19)26-3)20(23)21-14(2)15-6-7-15/h4-5,8-12,14-15,22H,6-7H2,1-3H3,(H,21,23). The van der Waals surface area contributed by atoms with Gasteiger partial charge in [-0.05, 0) is 62.9 Å². The van der Waals surface area contributed by atoms with Crippen LogP contribution in [0, 0.1) is 12.8 Å². The van der Waals surface area contributed by atoms with Crippen LogP contribution in [0.1, 0.15) is 35.7 Å². The highest BCUT2D eigenvalue weighted by atomic mass is 32.2. The molecule has 2 aromatic rings. The predicted molar refractivity (Wildman–Crippen MR) is 105 cm³/mol. The van der Waals surface area contributed by atoms with E-state index in [4.69, 9.17) is 4.74 Å². The average Bonchev–Trinajstić information content (AvgIpc) is 3.48. The van der Waals surface area contributed by atoms with Crippen LogP contribution in [0.5, 0.6) is 5.75 Å². The van der Waals surface area contributed by atoms with E-state index in [-0.39, 0.29) is 28.2 Å². The normalized spacial score (nSPS) is 15.1. The second-order valence-corrected chi connectivity index (χ2v) is 8.59. The molecule has 1 saturated carbocycles. The lowest BCUT2D eigenvalue weighted by atomic mass is 10.1. The van der Waals surface area contributed by atoms with Crippen LogP contribution in [-0.4, -0.2) is 27.5 Å². The largest absolute Gasteiger partial charge is 0.495 e. The number of methoxy groups -OCH3 is 1. The van der Waals surface area contributed by atoms with Crippen LogP contribution in [0.2, 0.25) is 0 Å². The molecular weight excluding hydrogens is 364 g/mol. The molecule has 1 unspecified atom stereocenters. The number of amides is 1. The lowest BCUT2D eigenvalue weighted by Crippen LogP contribution is -2.34. The summed E-state index contributed by atoms with van der Waals surface area (Å²) >= 11 is 0. The maximum Gasteiger partial charge on any atom is 0.265 e. The lowest BCUT2D eigenvalue weighted by molar-refractivity contribution is 0.0935. The number of anilines is 1. The highest BCUT2D eigenvalue weighted by Crippen LogP contribution is 2.32. The third-order valence-corrected chi connectivity index (χ3v) is 6.11. The highest BCUT2D eigenvalue weighted by molar-refractivity contribution is 7.92. The first kappa shape index (κ1) is 19.2. The molecule has 0 saturated heterocycles. The number of carbonyl (C=O) groups excluding carboxylic acids is 1. The number of carbonyl (C=O) groups is 1. The van der Waals surface area contributed by atoms with Gasteiger partial charge in [0, 0.05) is 17.3 Å². The molecule has 2 N–H and O–H groups in total. The molecule has 144 valence electrons. The van der Waals surface area contributed by atoms with Gasteiger partial charge in [-0.3, -0.25) is 9.52 Å². The maximum absolute atomic E-state index is 12.9. The van der Waals surface area contributed by atoms with Gasteiger partial charge in [0.1, 0.15) is 10.6 Å². The molecule has 2 aromatic carbocycles. The summed E-state index contributed by atoms with van der Waals surface area (Å²) in [5.74, 6) is 0.406. The second-order valence-electron chi connectivity index (χ2n) is 6.94. The first-order chi connectivity index (χ1) is 12.8. The Kier molecular flexibility index (Phi) is 5.41. The first-order valence-corrected chi connectivity index (χ1v) is 10.4. The summed E-state index contributed by atoms with van der Waals surface area (Å²) in [6, 6.07) is 11.5. The van der Waals surface area contributed by atoms with E-state index < -0.39 is 10.0 Å². The third-order valence-electron chi connectivity index (χ3n) is 4.71. The van der Waals surface area contributed by atoms with Crippen LogP contribution in [0.15, 0.2) is 47.4 Å². The van der Waals surface area contributed by atoms with Crippen LogP contribution >= 0.6 is 0 Å². The number of rotatable bonds is 7. The fraction of sp³-hybridized carbons (Fsp3) is 0.350. The summed E-state index contributed by atoms with van der Waals surface area (Å²) in [6.07, 6.45) is 2.23. The van der Waals surface area contributed by atoms with E-state index in [2.05, 4.69) is 10.0 Å².